The zero-order valence-electron chi connectivity index (χ0n) is 13.4. The maximum atomic E-state index is 12.4. The first-order chi connectivity index (χ1) is 11.6. The lowest BCUT2D eigenvalue weighted by Crippen LogP contribution is -2.30. The molecule has 5 nitrogen and oxygen atoms in total. The quantitative estimate of drug-likeness (QED) is 0.839. The van der Waals surface area contributed by atoms with Crippen LogP contribution in [0, 0.1) is 17.8 Å². The molecular formula is C18H19N3O2S. The summed E-state index contributed by atoms with van der Waals surface area (Å²) in [7, 11) is 0. The SMILES string of the molecule is CC(=O)Nc1nc2ccc(C(=O)NC[C@H]3C[C@@H]4C=C[C@@H]3C4)cc2s1. The van der Waals surface area contributed by atoms with E-state index in [1.807, 2.05) is 12.1 Å². The summed E-state index contributed by atoms with van der Waals surface area (Å²) in [5.41, 5.74) is 1.43. The summed E-state index contributed by atoms with van der Waals surface area (Å²) in [4.78, 5) is 27.9. The second kappa shape index (κ2) is 6.02. The van der Waals surface area contributed by atoms with Gasteiger partial charge in [0.05, 0.1) is 10.2 Å². The first-order valence-corrected chi connectivity index (χ1v) is 9.05. The molecule has 0 saturated heterocycles. The van der Waals surface area contributed by atoms with Crippen LogP contribution in [-0.4, -0.2) is 23.3 Å². The van der Waals surface area contributed by atoms with Crippen molar-refractivity contribution in [1.82, 2.24) is 10.3 Å². The number of anilines is 1. The van der Waals surface area contributed by atoms with E-state index < -0.39 is 0 Å². The number of carbonyl (C=O) groups excluding carboxylic acids is 2. The lowest BCUT2D eigenvalue weighted by atomic mass is 9.93. The largest absolute Gasteiger partial charge is 0.352 e. The molecule has 2 amide bonds. The number of fused-ring (bicyclic) bond motifs is 3. The van der Waals surface area contributed by atoms with Crippen LogP contribution in [0.1, 0.15) is 30.1 Å². The summed E-state index contributed by atoms with van der Waals surface area (Å²) in [5, 5.41) is 6.31. The van der Waals surface area contributed by atoms with Crippen LogP contribution in [0.15, 0.2) is 30.4 Å². The van der Waals surface area contributed by atoms with Gasteiger partial charge in [-0.25, -0.2) is 4.98 Å². The summed E-state index contributed by atoms with van der Waals surface area (Å²) >= 11 is 1.38. The number of hydrogen-bond donors (Lipinski definition) is 2. The number of hydrogen-bond acceptors (Lipinski definition) is 4. The molecule has 0 unspecified atom stereocenters. The number of nitrogens with zero attached hydrogens (tertiary/aromatic N) is 1. The summed E-state index contributed by atoms with van der Waals surface area (Å²) in [6, 6.07) is 5.45. The molecule has 2 aliphatic carbocycles. The molecule has 1 aromatic carbocycles. The molecule has 1 fully saturated rings. The summed E-state index contributed by atoms with van der Waals surface area (Å²) in [6.07, 6.45) is 7.06. The molecule has 1 heterocycles. The second-order valence-electron chi connectivity index (χ2n) is 6.63. The lowest BCUT2D eigenvalue weighted by molar-refractivity contribution is -0.114. The lowest BCUT2D eigenvalue weighted by Gasteiger charge is -2.18. The fourth-order valence-corrected chi connectivity index (χ4v) is 4.68. The molecule has 0 aliphatic heterocycles. The smallest absolute Gasteiger partial charge is 0.251 e. The van der Waals surface area contributed by atoms with Gasteiger partial charge in [0.25, 0.3) is 5.91 Å². The summed E-state index contributed by atoms with van der Waals surface area (Å²) in [5.74, 6) is 1.74. The Labute approximate surface area is 144 Å². The minimum Gasteiger partial charge on any atom is -0.352 e. The van der Waals surface area contributed by atoms with Crippen molar-refractivity contribution >= 4 is 38.5 Å². The molecule has 24 heavy (non-hydrogen) atoms. The molecule has 3 atom stereocenters. The highest BCUT2D eigenvalue weighted by atomic mass is 32.1. The Hall–Kier alpha value is -2.21. The van der Waals surface area contributed by atoms with Gasteiger partial charge in [-0.2, -0.15) is 0 Å². The van der Waals surface area contributed by atoms with E-state index in [4.69, 9.17) is 0 Å². The van der Waals surface area contributed by atoms with Gasteiger partial charge in [0.2, 0.25) is 5.91 Å². The maximum absolute atomic E-state index is 12.4. The van der Waals surface area contributed by atoms with Crippen molar-refractivity contribution in [2.45, 2.75) is 19.8 Å². The molecule has 1 aromatic heterocycles. The Morgan fingerprint density at radius 3 is 2.88 bits per heavy atom. The second-order valence-corrected chi connectivity index (χ2v) is 7.66. The third kappa shape index (κ3) is 2.94. The molecular weight excluding hydrogens is 322 g/mol. The Balaban J connectivity index is 1.44. The molecule has 2 N–H and O–H groups in total. The third-order valence-corrected chi connectivity index (χ3v) is 5.81. The van der Waals surface area contributed by atoms with Gasteiger partial charge in [0.15, 0.2) is 5.13 Å². The van der Waals surface area contributed by atoms with Crippen molar-refractivity contribution in [2.24, 2.45) is 17.8 Å². The van der Waals surface area contributed by atoms with Gasteiger partial charge in [-0.15, -0.1) is 0 Å². The van der Waals surface area contributed by atoms with Gasteiger partial charge in [0.1, 0.15) is 0 Å². The first kappa shape index (κ1) is 15.3. The van der Waals surface area contributed by atoms with Crippen LogP contribution in [0.5, 0.6) is 0 Å². The van der Waals surface area contributed by atoms with E-state index in [1.165, 1.54) is 31.1 Å². The molecule has 0 radical (unpaired) electrons. The van der Waals surface area contributed by atoms with Gasteiger partial charge in [-0.3, -0.25) is 9.59 Å². The number of aromatic nitrogens is 1. The average Bonchev–Trinajstić information content (AvgIpc) is 3.25. The minimum absolute atomic E-state index is 0.0434. The highest BCUT2D eigenvalue weighted by Gasteiger charge is 2.35. The fourth-order valence-electron chi connectivity index (χ4n) is 3.73. The summed E-state index contributed by atoms with van der Waals surface area (Å²) < 4.78 is 0.897. The number of rotatable bonds is 4. The number of benzene rings is 1. The van der Waals surface area contributed by atoms with Gasteiger partial charge < -0.3 is 10.6 Å². The van der Waals surface area contributed by atoms with Gasteiger partial charge in [0, 0.05) is 19.0 Å². The molecule has 2 bridgehead atoms. The van der Waals surface area contributed by atoms with Crippen LogP contribution in [0.25, 0.3) is 10.2 Å². The molecule has 124 valence electrons. The minimum atomic E-state index is -0.146. The Morgan fingerprint density at radius 1 is 1.29 bits per heavy atom. The number of allylic oxidation sites excluding steroid dienone is 2. The predicted molar refractivity (Wildman–Crippen MR) is 95.1 cm³/mol. The topological polar surface area (TPSA) is 71.1 Å². The van der Waals surface area contributed by atoms with Crippen molar-refractivity contribution in [1.29, 1.82) is 0 Å². The molecule has 0 spiro atoms. The maximum Gasteiger partial charge on any atom is 0.251 e. The third-order valence-electron chi connectivity index (χ3n) is 4.87. The Kier molecular flexibility index (Phi) is 3.84. The zero-order valence-corrected chi connectivity index (χ0v) is 14.2. The van der Waals surface area contributed by atoms with E-state index in [0.717, 1.165) is 22.7 Å². The number of carbonyl (C=O) groups is 2. The average molecular weight is 341 g/mol. The fraction of sp³-hybridized carbons (Fsp3) is 0.389. The Morgan fingerprint density at radius 2 is 2.17 bits per heavy atom. The van der Waals surface area contributed by atoms with Crippen molar-refractivity contribution < 1.29 is 9.59 Å². The van der Waals surface area contributed by atoms with Crippen molar-refractivity contribution in [3.63, 3.8) is 0 Å². The van der Waals surface area contributed by atoms with Crippen molar-refractivity contribution in [2.75, 3.05) is 11.9 Å². The van der Waals surface area contributed by atoms with Crippen LogP contribution >= 0.6 is 11.3 Å². The molecule has 1 saturated carbocycles. The van der Waals surface area contributed by atoms with Crippen LogP contribution in [0.4, 0.5) is 5.13 Å². The van der Waals surface area contributed by atoms with E-state index in [9.17, 15) is 9.59 Å². The first-order valence-electron chi connectivity index (χ1n) is 8.23. The van der Waals surface area contributed by atoms with Crippen molar-refractivity contribution in [3.05, 3.63) is 35.9 Å². The molecule has 2 aliphatic rings. The highest BCUT2D eigenvalue weighted by molar-refractivity contribution is 7.22. The van der Waals surface area contributed by atoms with Crippen LogP contribution in [0.3, 0.4) is 0 Å². The number of nitrogens with one attached hydrogen (secondary N) is 2. The molecule has 4 rings (SSSR count). The van der Waals surface area contributed by atoms with Gasteiger partial charge in [-0.05, 0) is 48.8 Å². The van der Waals surface area contributed by atoms with Gasteiger partial charge >= 0.3 is 0 Å². The molecule has 2 aromatic rings. The van der Waals surface area contributed by atoms with E-state index >= 15 is 0 Å². The standard InChI is InChI=1S/C18H19N3O2S/c1-10(22)20-18-21-15-5-4-13(8-16(15)24-18)17(23)19-9-14-7-11-2-3-12(14)6-11/h2-5,8,11-12,14H,6-7,9H2,1H3,(H,19,23)(H,20,21,22)/t11-,12-,14-/m1/s1. The molecule has 6 heteroatoms. The van der Waals surface area contributed by atoms with Crippen LogP contribution in [0.2, 0.25) is 0 Å². The zero-order chi connectivity index (χ0) is 16.7. The van der Waals surface area contributed by atoms with E-state index in [1.54, 1.807) is 6.07 Å². The van der Waals surface area contributed by atoms with Crippen molar-refractivity contribution in [3.8, 4) is 0 Å². The van der Waals surface area contributed by atoms with Crippen LogP contribution in [-0.2, 0) is 4.79 Å². The Bertz CT molecular complexity index is 842. The van der Waals surface area contributed by atoms with E-state index in [-0.39, 0.29) is 11.8 Å². The summed E-state index contributed by atoms with van der Waals surface area (Å²) in [6.45, 7) is 2.19. The highest BCUT2D eigenvalue weighted by Crippen LogP contribution is 2.42. The number of thiazole rings is 1. The number of amides is 2. The van der Waals surface area contributed by atoms with E-state index in [2.05, 4.69) is 27.8 Å². The normalized spacial score (nSPS) is 24.5. The van der Waals surface area contributed by atoms with Crippen LogP contribution < -0.4 is 10.6 Å². The predicted octanol–water partition coefficient (Wildman–Crippen LogP) is 3.20. The van der Waals surface area contributed by atoms with E-state index in [0.29, 0.717) is 22.5 Å². The monoisotopic (exact) mass is 341 g/mol. The van der Waals surface area contributed by atoms with Gasteiger partial charge in [-0.1, -0.05) is 23.5 Å².